The second kappa shape index (κ2) is 3.34. The van der Waals surface area contributed by atoms with Crippen LogP contribution in [-0.2, 0) is 9.84 Å². The summed E-state index contributed by atoms with van der Waals surface area (Å²) in [6.45, 7) is 3.71. The van der Waals surface area contributed by atoms with Gasteiger partial charge in [0, 0.05) is 6.04 Å². The van der Waals surface area contributed by atoms with E-state index in [0.717, 1.165) is 12.8 Å². The van der Waals surface area contributed by atoms with Crippen molar-refractivity contribution in [2.24, 2.45) is 11.7 Å². The van der Waals surface area contributed by atoms with Crippen LogP contribution < -0.4 is 5.73 Å². The molecule has 72 valence electrons. The number of rotatable bonds is 2. The SMILES string of the molecule is CC(N)CC1CC(C)S(=O)(=O)C1. The van der Waals surface area contributed by atoms with Gasteiger partial charge in [-0.05, 0) is 32.6 Å². The molecular formula is C8H17NO2S. The van der Waals surface area contributed by atoms with Crippen molar-refractivity contribution in [3.63, 3.8) is 0 Å². The maximum Gasteiger partial charge on any atom is 0.153 e. The van der Waals surface area contributed by atoms with E-state index < -0.39 is 9.84 Å². The van der Waals surface area contributed by atoms with Crippen LogP contribution in [0, 0.1) is 5.92 Å². The van der Waals surface area contributed by atoms with E-state index in [0.29, 0.717) is 11.7 Å². The molecule has 4 heteroatoms. The highest BCUT2D eigenvalue weighted by molar-refractivity contribution is 7.92. The third kappa shape index (κ3) is 2.20. The van der Waals surface area contributed by atoms with Crippen molar-refractivity contribution in [1.29, 1.82) is 0 Å². The van der Waals surface area contributed by atoms with Crippen molar-refractivity contribution in [2.75, 3.05) is 5.75 Å². The maximum absolute atomic E-state index is 11.3. The van der Waals surface area contributed by atoms with Gasteiger partial charge in [0.2, 0.25) is 0 Å². The van der Waals surface area contributed by atoms with Crippen LogP contribution in [0.1, 0.15) is 26.7 Å². The molecule has 3 unspecified atom stereocenters. The van der Waals surface area contributed by atoms with E-state index in [2.05, 4.69) is 0 Å². The Hall–Kier alpha value is -0.0900. The lowest BCUT2D eigenvalue weighted by Gasteiger charge is -2.09. The van der Waals surface area contributed by atoms with Crippen molar-refractivity contribution in [2.45, 2.75) is 38.0 Å². The Bertz CT molecular complexity index is 246. The lowest BCUT2D eigenvalue weighted by molar-refractivity contribution is 0.476. The fourth-order valence-electron chi connectivity index (χ4n) is 1.87. The first-order valence-corrected chi connectivity index (χ1v) is 6.10. The smallest absolute Gasteiger partial charge is 0.153 e. The lowest BCUT2D eigenvalue weighted by atomic mass is 9.99. The lowest BCUT2D eigenvalue weighted by Crippen LogP contribution is -2.20. The zero-order chi connectivity index (χ0) is 9.35. The van der Waals surface area contributed by atoms with Gasteiger partial charge < -0.3 is 5.73 Å². The molecule has 0 saturated carbocycles. The zero-order valence-corrected chi connectivity index (χ0v) is 8.47. The maximum atomic E-state index is 11.3. The average molecular weight is 191 g/mol. The monoisotopic (exact) mass is 191 g/mol. The highest BCUT2D eigenvalue weighted by atomic mass is 32.2. The molecule has 1 rings (SSSR count). The van der Waals surface area contributed by atoms with Crippen LogP contribution in [-0.4, -0.2) is 25.5 Å². The van der Waals surface area contributed by atoms with Gasteiger partial charge in [-0.1, -0.05) is 0 Å². The first kappa shape index (κ1) is 9.99. The van der Waals surface area contributed by atoms with Gasteiger partial charge in [0.1, 0.15) is 0 Å². The van der Waals surface area contributed by atoms with E-state index in [-0.39, 0.29) is 11.3 Å². The van der Waals surface area contributed by atoms with Gasteiger partial charge in [-0.2, -0.15) is 0 Å². The third-order valence-corrected chi connectivity index (χ3v) is 4.81. The van der Waals surface area contributed by atoms with Crippen LogP contribution in [0.25, 0.3) is 0 Å². The predicted molar refractivity (Wildman–Crippen MR) is 49.6 cm³/mol. The molecule has 1 saturated heterocycles. The molecular weight excluding hydrogens is 174 g/mol. The molecule has 0 radical (unpaired) electrons. The van der Waals surface area contributed by atoms with E-state index in [1.54, 1.807) is 6.92 Å². The second-order valence-electron chi connectivity index (χ2n) is 3.95. The summed E-state index contributed by atoms with van der Waals surface area (Å²) in [6, 6.07) is 0.121. The Morgan fingerprint density at radius 2 is 2.17 bits per heavy atom. The van der Waals surface area contributed by atoms with Crippen LogP contribution in [0.4, 0.5) is 0 Å². The second-order valence-corrected chi connectivity index (χ2v) is 6.42. The van der Waals surface area contributed by atoms with E-state index in [4.69, 9.17) is 5.73 Å². The van der Waals surface area contributed by atoms with Gasteiger partial charge in [0.05, 0.1) is 11.0 Å². The molecule has 0 aromatic heterocycles. The van der Waals surface area contributed by atoms with Crippen molar-refractivity contribution in [3.8, 4) is 0 Å². The van der Waals surface area contributed by atoms with Crippen LogP contribution in [0.5, 0.6) is 0 Å². The summed E-state index contributed by atoms with van der Waals surface area (Å²) in [4.78, 5) is 0. The fourth-order valence-corrected chi connectivity index (χ4v) is 3.69. The topological polar surface area (TPSA) is 60.2 Å². The summed E-state index contributed by atoms with van der Waals surface area (Å²) in [5, 5.41) is -0.152. The predicted octanol–water partition coefficient (Wildman–Crippen LogP) is 0.547. The molecule has 0 bridgehead atoms. The Labute approximate surface area is 74.3 Å². The summed E-state index contributed by atoms with van der Waals surface area (Å²) >= 11 is 0. The summed E-state index contributed by atoms with van der Waals surface area (Å²) < 4.78 is 22.6. The van der Waals surface area contributed by atoms with Crippen LogP contribution in [0.2, 0.25) is 0 Å². The molecule has 1 aliphatic rings. The summed E-state index contributed by atoms with van der Waals surface area (Å²) in [5.41, 5.74) is 5.61. The molecule has 0 aliphatic carbocycles. The highest BCUT2D eigenvalue weighted by Crippen LogP contribution is 2.28. The minimum absolute atomic E-state index is 0.121. The summed E-state index contributed by atoms with van der Waals surface area (Å²) in [6.07, 6.45) is 1.63. The molecule has 1 aliphatic heterocycles. The number of hydrogen-bond donors (Lipinski definition) is 1. The summed E-state index contributed by atoms with van der Waals surface area (Å²) in [7, 11) is -2.78. The van der Waals surface area contributed by atoms with E-state index in [9.17, 15) is 8.42 Å². The van der Waals surface area contributed by atoms with Gasteiger partial charge >= 0.3 is 0 Å². The molecule has 3 nitrogen and oxygen atoms in total. The first-order valence-electron chi connectivity index (χ1n) is 4.39. The van der Waals surface area contributed by atoms with E-state index in [1.165, 1.54) is 0 Å². The zero-order valence-electron chi connectivity index (χ0n) is 7.66. The van der Waals surface area contributed by atoms with Crippen LogP contribution in [0.3, 0.4) is 0 Å². The minimum Gasteiger partial charge on any atom is -0.328 e. The fraction of sp³-hybridized carbons (Fsp3) is 1.00. The van der Waals surface area contributed by atoms with Crippen molar-refractivity contribution in [3.05, 3.63) is 0 Å². The van der Waals surface area contributed by atoms with E-state index in [1.807, 2.05) is 6.92 Å². The molecule has 1 heterocycles. The Morgan fingerprint density at radius 3 is 2.50 bits per heavy atom. The van der Waals surface area contributed by atoms with Gasteiger partial charge in [-0.3, -0.25) is 0 Å². The standard InChI is InChI=1S/C8H17NO2S/c1-6(9)3-8-4-7(2)12(10,11)5-8/h6-8H,3-5,9H2,1-2H3. The Morgan fingerprint density at radius 1 is 1.58 bits per heavy atom. The number of nitrogens with two attached hydrogens (primary N) is 1. The van der Waals surface area contributed by atoms with Crippen molar-refractivity contribution in [1.82, 2.24) is 0 Å². The van der Waals surface area contributed by atoms with Crippen molar-refractivity contribution < 1.29 is 8.42 Å². The quantitative estimate of drug-likeness (QED) is 0.693. The van der Waals surface area contributed by atoms with Crippen LogP contribution >= 0.6 is 0 Å². The number of sulfone groups is 1. The normalized spacial score (nSPS) is 36.6. The van der Waals surface area contributed by atoms with Gasteiger partial charge in [0.25, 0.3) is 0 Å². The Balaban J connectivity index is 2.56. The van der Waals surface area contributed by atoms with Gasteiger partial charge in [0.15, 0.2) is 9.84 Å². The molecule has 12 heavy (non-hydrogen) atoms. The molecule has 0 amide bonds. The van der Waals surface area contributed by atoms with Crippen LogP contribution in [0.15, 0.2) is 0 Å². The summed E-state index contributed by atoms with van der Waals surface area (Å²) in [5.74, 6) is 0.639. The highest BCUT2D eigenvalue weighted by Gasteiger charge is 2.34. The third-order valence-electron chi connectivity index (χ3n) is 2.45. The molecule has 0 aromatic rings. The van der Waals surface area contributed by atoms with E-state index >= 15 is 0 Å². The molecule has 0 spiro atoms. The van der Waals surface area contributed by atoms with Gasteiger partial charge in [-0.15, -0.1) is 0 Å². The number of hydrogen-bond acceptors (Lipinski definition) is 3. The first-order chi connectivity index (χ1) is 5.42. The molecule has 2 N–H and O–H groups in total. The Kier molecular flexibility index (Phi) is 2.78. The largest absolute Gasteiger partial charge is 0.328 e. The minimum atomic E-state index is -2.78. The van der Waals surface area contributed by atoms with Crippen molar-refractivity contribution >= 4 is 9.84 Å². The molecule has 0 aromatic carbocycles. The molecule has 3 atom stereocenters. The average Bonchev–Trinajstić information content (AvgIpc) is 2.04. The molecule has 1 fully saturated rings. The van der Waals surface area contributed by atoms with Gasteiger partial charge in [-0.25, -0.2) is 8.42 Å².